The first-order valence-electron chi connectivity index (χ1n) is 12.4. The molecular formula is C27H39NO8. The second-order valence-corrected chi connectivity index (χ2v) is 11.0. The van der Waals surface area contributed by atoms with E-state index in [4.69, 9.17) is 18.9 Å². The van der Waals surface area contributed by atoms with E-state index >= 15 is 0 Å². The second kappa shape index (κ2) is 12.2. The van der Waals surface area contributed by atoms with Crippen molar-refractivity contribution < 1.29 is 38.1 Å². The first kappa shape index (κ1) is 29.1. The van der Waals surface area contributed by atoms with E-state index in [0.29, 0.717) is 23.5 Å². The number of nitrogens with zero attached hydrogens (tertiary/aromatic N) is 1. The summed E-state index contributed by atoms with van der Waals surface area (Å²) in [4.78, 5) is 52.7. The Morgan fingerprint density at radius 3 is 2.00 bits per heavy atom. The number of carbonyl (C=O) groups excluding carboxylic acids is 4. The molecule has 0 saturated heterocycles. The van der Waals surface area contributed by atoms with Gasteiger partial charge in [0, 0.05) is 6.42 Å². The number of amides is 2. The number of ether oxygens (including phenoxy) is 4. The third-order valence-corrected chi connectivity index (χ3v) is 5.19. The summed E-state index contributed by atoms with van der Waals surface area (Å²) in [5.41, 5.74) is -0.970. The van der Waals surface area contributed by atoms with E-state index in [1.165, 1.54) is 0 Å². The van der Waals surface area contributed by atoms with Crippen molar-refractivity contribution >= 4 is 24.1 Å². The molecule has 9 nitrogen and oxygen atoms in total. The molecule has 0 radical (unpaired) electrons. The van der Waals surface area contributed by atoms with Gasteiger partial charge in [0.05, 0.1) is 0 Å². The van der Waals surface area contributed by atoms with Gasteiger partial charge < -0.3 is 18.9 Å². The summed E-state index contributed by atoms with van der Waals surface area (Å²) in [5.74, 6) is -1.05. The van der Waals surface area contributed by atoms with Gasteiger partial charge in [-0.05, 0) is 98.3 Å². The molecule has 1 aliphatic carbocycles. The highest BCUT2D eigenvalue weighted by molar-refractivity contribution is 5.94. The van der Waals surface area contributed by atoms with Crippen LogP contribution in [0.15, 0.2) is 24.3 Å². The predicted octanol–water partition coefficient (Wildman–Crippen LogP) is 5.71. The second-order valence-electron chi connectivity index (χ2n) is 11.0. The molecule has 0 aliphatic heterocycles. The third kappa shape index (κ3) is 9.87. The van der Waals surface area contributed by atoms with Crippen molar-refractivity contribution in [3.05, 3.63) is 29.8 Å². The molecule has 1 atom stereocenters. The highest BCUT2D eigenvalue weighted by Gasteiger charge is 2.42. The zero-order valence-corrected chi connectivity index (χ0v) is 22.4. The highest BCUT2D eigenvalue weighted by atomic mass is 16.6. The molecule has 0 spiro atoms. The maximum absolute atomic E-state index is 13.3. The van der Waals surface area contributed by atoms with E-state index in [1.54, 1.807) is 59.7 Å². The lowest BCUT2D eigenvalue weighted by Gasteiger charge is -2.32. The van der Waals surface area contributed by atoms with Crippen LogP contribution in [0.4, 0.5) is 9.59 Å². The summed E-state index contributed by atoms with van der Waals surface area (Å²) in [7, 11) is 0. The van der Waals surface area contributed by atoms with Crippen molar-refractivity contribution in [2.45, 2.75) is 110 Å². The third-order valence-electron chi connectivity index (χ3n) is 5.19. The topological polar surface area (TPSA) is 108 Å². The van der Waals surface area contributed by atoms with E-state index in [9.17, 15) is 19.2 Å². The maximum Gasteiger partial charge on any atom is 0.420 e. The predicted molar refractivity (Wildman–Crippen MR) is 132 cm³/mol. The van der Waals surface area contributed by atoms with E-state index in [1.807, 2.05) is 13.0 Å². The average molecular weight is 506 g/mol. The molecule has 9 heteroatoms. The molecule has 0 unspecified atom stereocenters. The van der Waals surface area contributed by atoms with Crippen LogP contribution in [0.25, 0.3) is 0 Å². The first-order valence-corrected chi connectivity index (χ1v) is 12.4. The van der Waals surface area contributed by atoms with Crippen LogP contribution < -0.4 is 4.74 Å². The standard InChI is InChI=1S/C27H39NO8/c1-18-11-10-14-20(17-18)33-22(29)16-15-21(23(30)34-19-12-8-9-13-19)28(24(31)35-26(2,3)4)25(32)36-27(5,6)7/h10-11,14,17,19,21H,8-9,12-13,15-16H2,1-7H3/t21-/m1/s1. The summed E-state index contributed by atoms with van der Waals surface area (Å²) in [6, 6.07) is 5.54. The van der Waals surface area contributed by atoms with Gasteiger partial charge in [-0.1, -0.05) is 12.1 Å². The lowest BCUT2D eigenvalue weighted by molar-refractivity contribution is -0.155. The van der Waals surface area contributed by atoms with Gasteiger partial charge >= 0.3 is 24.1 Å². The molecule has 0 bridgehead atoms. The Morgan fingerprint density at radius 1 is 0.944 bits per heavy atom. The van der Waals surface area contributed by atoms with Crippen LogP contribution in [0, 0.1) is 6.92 Å². The Bertz CT molecular complexity index is 910. The molecule has 0 heterocycles. The van der Waals surface area contributed by atoms with Gasteiger partial charge in [0.2, 0.25) is 0 Å². The molecule has 36 heavy (non-hydrogen) atoms. The SMILES string of the molecule is Cc1cccc(OC(=O)CC[C@H](C(=O)OC2CCCC2)N(C(=O)OC(C)(C)C)C(=O)OC(C)(C)C)c1. The summed E-state index contributed by atoms with van der Waals surface area (Å²) >= 11 is 0. The van der Waals surface area contributed by atoms with Gasteiger partial charge in [0.25, 0.3) is 0 Å². The molecule has 1 saturated carbocycles. The van der Waals surface area contributed by atoms with Gasteiger partial charge in [-0.3, -0.25) is 4.79 Å². The molecule has 1 aromatic rings. The van der Waals surface area contributed by atoms with E-state index in [2.05, 4.69) is 0 Å². The van der Waals surface area contributed by atoms with E-state index < -0.39 is 41.4 Å². The van der Waals surface area contributed by atoms with Crippen LogP contribution >= 0.6 is 0 Å². The number of benzene rings is 1. The minimum Gasteiger partial charge on any atom is -0.461 e. The van der Waals surface area contributed by atoms with Gasteiger partial charge in [0.1, 0.15) is 29.1 Å². The van der Waals surface area contributed by atoms with Crippen LogP contribution in [0.2, 0.25) is 0 Å². The summed E-state index contributed by atoms with van der Waals surface area (Å²) in [6.45, 7) is 11.7. The Kier molecular flexibility index (Phi) is 9.90. The van der Waals surface area contributed by atoms with Crippen LogP contribution in [0.1, 0.15) is 85.6 Å². The fraction of sp³-hybridized carbons (Fsp3) is 0.630. The molecule has 200 valence electrons. The molecule has 0 N–H and O–H groups in total. The molecule has 0 aromatic heterocycles. The smallest absolute Gasteiger partial charge is 0.420 e. The van der Waals surface area contributed by atoms with Crippen molar-refractivity contribution in [1.29, 1.82) is 0 Å². The fourth-order valence-electron chi connectivity index (χ4n) is 3.67. The fourth-order valence-corrected chi connectivity index (χ4v) is 3.67. The first-order chi connectivity index (χ1) is 16.6. The van der Waals surface area contributed by atoms with E-state index in [-0.39, 0.29) is 18.9 Å². The number of esters is 2. The van der Waals surface area contributed by atoms with Gasteiger partial charge in [-0.15, -0.1) is 0 Å². The molecular weight excluding hydrogens is 466 g/mol. The highest BCUT2D eigenvalue weighted by Crippen LogP contribution is 2.25. The summed E-state index contributed by atoms with van der Waals surface area (Å²) in [6.07, 6.45) is 0.363. The van der Waals surface area contributed by atoms with Crippen LogP contribution in [-0.2, 0) is 23.8 Å². The Labute approximate surface area is 213 Å². The van der Waals surface area contributed by atoms with Gasteiger partial charge in [-0.2, -0.15) is 4.90 Å². The monoisotopic (exact) mass is 505 g/mol. The molecule has 1 fully saturated rings. The minimum absolute atomic E-state index is 0.214. The number of imide groups is 1. The number of carbonyl (C=O) groups is 4. The zero-order valence-electron chi connectivity index (χ0n) is 22.4. The Morgan fingerprint density at radius 2 is 1.50 bits per heavy atom. The molecule has 1 aliphatic rings. The zero-order chi connectivity index (χ0) is 27.1. The van der Waals surface area contributed by atoms with E-state index in [0.717, 1.165) is 18.4 Å². The van der Waals surface area contributed by atoms with Crippen molar-refractivity contribution in [3.8, 4) is 5.75 Å². The lowest BCUT2D eigenvalue weighted by atomic mass is 10.1. The largest absolute Gasteiger partial charge is 0.461 e. The van der Waals surface area contributed by atoms with Crippen molar-refractivity contribution in [2.75, 3.05) is 0 Å². The Hall–Kier alpha value is -3.10. The van der Waals surface area contributed by atoms with Crippen molar-refractivity contribution in [2.24, 2.45) is 0 Å². The van der Waals surface area contributed by atoms with Crippen molar-refractivity contribution in [3.63, 3.8) is 0 Å². The van der Waals surface area contributed by atoms with Crippen LogP contribution in [0.3, 0.4) is 0 Å². The normalized spacial score (nSPS) is 15.1. The molecule has 1 aromatic carbocycles. The number of rotatable bonds is 7. The van der Waals surface area contributed by atoms with Gasteiger partial charge in [-0.25, -0.2) is 14.4 Å². The molecule has 2 amide bonds. The average Bonchev–Trinajstić information content (AvgIpc) is 3.21. The Balaban J connectivity index is 2.29. The summed E-state index contributed by atoms with van der Waals surface area (Å²) in [5, 5.41) is 0. The number of hydrogen-bond donors (Lipinski definition) is 0. The van der Waals surface area contributed by atoms with Crippen molar-refractivity contribution in [1.82, 2.24) is 4.90 Å². The quantitative estimate of drug-likeness (QED) is 0.263. The lowest BCUT2D eigenvalue weighted by Crippen LogP contribution is -2.53. The number of hydrogen-bond acceptors (Lipinski definition) is 8. The van der Waals surface area contributed by atoms with Gasteiger partial charge in [0.15, 0.2) is 0 Å². The molecule has 2 rings (SSSR count). The van der Waals surface area contributed by atoms with Crippen LogP contribution in [0.5, 0.6) is 5.75 Å². The number of aryl methyl sites for hydroxylation is 1. The maximum atomic E-state index is 13.3. The minimum atomic E-state index is -1.43. The van der Waals surface area contributed by atoms with Crippen LogP contribution in [-0.4, -0.2) is 52.4 Å². The summed E-state index contributed by atoms with van der Waals surface area (Å²) < 4.78 is 21.8.